The van der Waals surface area contributed by atoms with Crippen LogP contribution in [0.4, 0.5) is 14.9 Å². The molecular formula is C20H21FN4O. The molecule has 0 radical (unpaired) electrons. The summed E-state index contributed by atoms with van der Waals surface area (Å²) < 4.78 is 12.9. The third-order valence-corrected chi connectivity index (χ3v) is 4.53. The van der Waals surface area contributed by atoms with Crippen LogP contribution in [0.2, 0.25) is 0 Å². The molecule has 2 aromatic rings. The Morgan fingerprint density at radius 2 is 1.69 bits per heavy atom. The molecule has 6 heteroatoms. The summed E-state index contributed by atoms with van der Waals surface area (Å²) in [5, 5.41) is 11.8. The average molecular weight is 352 g/mol. The molecule has 5 nitrogen and oxygen atoms in total. The van der Waals surface area contributed by atoms with E-state index in [0.29, 0.717) is 31.6 Å². The fourth-order valence-electron chi connectivity index (χ4n) is 2.99. The zero-order valence-corrected chi connectivity index (χ0v) is 14.5. The maximum Gasteiger partial charge on any atom is 0.317 e. The highest BCUT2D eigenvalue weighted by Gasteiger charge is 2.20. The number of carbonyl (C=O) groups excluding carboxylic acids is 1. The lowest BCUT2D eigenvalue weighted by Gasteiger charge is -2.36. The number of hydrogen-bond donors (Lipinski definition) is 1. The second-order valence-electron chi connectivity index (χ2n) is 6.24. The van der Waals surface area contributed by atoms with Crippen molar-refractivity contribution in [3.05, 3.63) is 65.5 Å². The number of amides is 2. The number of benzene rings is 2. The lowest BCUT2D eigenvalue weighted by Crippen LogP contribution is -2.52. The van der Waals surface area contributed by atoms with E-state index >= 15 is 0 Å². The summed E-state index contributed by atoms with van der Waals surface area (Å²) in [6.07, 6.45) is 0.678. The summed E-state index contributed by atoms with van der Waals surface area (Å²) in [6.45, 7) is 3.36. The van der Waals surface area contributed by atoms with Crippen LogP contribution in [0.15, 0.2) is 48.5 Å². The minimum absolute atomic E-state index is 0.0633. The van der Waals surface area contributed by atoms with E-state index in [1.54, 1.807) is 12.1 Å². The van der Waals surface area contributed by atoms with E-state index in [2.05, 4.69) is 16.3 Å². The molecule has 2 aromatic carbocycles. The fourth-order valence-corrected chi connectivity index (χ4v) is 2.99. The number of anilines is 1. The molecule has 0 aromatic heterocycles. The number of carbonyl (C=O) groups is 1. The standard InChI is InChI=1S/C20H21FN4O/c21-18-5-1-16(2-6-18)9-10-23-20(26)25-13-11-24(12-14-25)19-7-3-17(15-22)4-8-19/h1-8H,9-14H2,(H,23,26). The molecule has 0 aliphatic carbocycles. The van der Waals surface area contributed by atoms with E-state index in [0.717, 1.165) is 24.3 Å². The Morgan fingerprint density at radius 3 is 2.31 bits per heavy atom. The number of nitriles is 1. The van der Waals surface area contributed by atoms with Crippen molar-refractivity contribution in [1.82, 2.24) is 10.2 Å². The van der Waals surface area contributed by atoms with Crippen LogP contribution in [0.5, 0.6) is 0 Å². The maximum absolute atomic E-state index is 12.9. The van der Waals surface area contributed by atoms with Crippen LogP contribution < -0.4 is 10.2 Å². The molecule has 0 atom stereocenters. The summed E-state index contributed by atoms with van der Waals surface area (Å²) in [7, 11) is 0. The predicted octanol–water partition coefficient (Wildman–Crippen LogP) is 2.77. The SMILES string of the molecule is N#Cc1ccc(N2CCN(C(=O)NCCc3ccc(F)cc3)CC2)cc1. The van der Waals surface area contributed by atoms with Gasteiger partial charge in [0, 0.05) is 38.4 Å². The molecule has 0 unspecified atom stereocenters. The van der Waals surface area contributed by atoms with E-state index in [1.165, 1.54) is 12.1 Å². The summed E-state index contributed by atoms with van der Waals surface area (Å²) in [6, 6.07) is 15.9. The number of halogens is 1. The van der Waals surface area contributed by atoms with E-state index < -0.39 is 0 Å². The van der Waals surface area contributed by atoms with Crippen molar-refractivity contribution >= 4 is 11.7 Å². The van der Waals surface area contributed by atoms with Gasteiger partial charge in [0.05, 0.1) is 11.6 Å². The van der Waals surface area contributed by atoms with Gasteiger partial charge in [-0.15, -0.1) is 0 Å². The van der Waals surface area contributed by atoms with Gasteiger partial charge in [0.25, 0.3) is 0 Å². The number of nitrogens with one attached hydrogen (secondary N) is 1. The van der Waals surface area contributed by atoms with E-state index in [4.69, 9.17) is 5.26 Å². The fraction of sp³-hybridized carbons (Fsp3) is 0.300. The quantitative estimate of drug-likeness (QED) is 0.920. The van der Waals surface area contributed by atoms with Gasteiger partial charge in [0.15, 0.2) is 0 Å². The smallest absolute Gasteiger partial charge is 0.317 e. The minimum atomic E-state index is -0.252. The van der Waals surface area contributed by atoms with Crippen LogP contribution in [0.3, 0.4) is 0 Å². The monoisotopic (exact) mass is 352 g/mol. The van der Waals surface area contributed by atoms with Crippen molar-refractivity contribution < 1.29 is 9.18 Å². The first kappa shape index (κ1) is 17.7. The molecule has 0 saturated carbocycles. The predicted molar refractivity (Wildman–Crippen MR) is 98.4 cm³/mol. The van der Waals surface area contributed by atoms with Crippen molar-refractivity contribution in [3.63, 3.8) is 0 Å². The zero-order chi connectivity index (χ0) is 18.4. The van der Waals surface area contributed by atoms with Gasteiger partial charge in [0.2, 0.25) is 0 Å². The summed E-state index contributed by atoms with van der Waals surface area (Å²) >= 11 is 0. The Morgan fingerprint density at radius 1 is 1.04 bits per heavy atom. The minimum Gasteiger partial charge on any atom is -0.368 e. The van der Waals surface area contributed by atoms with Gasteiger partial charge in [-0.25, -0.2) is 9.18 Å². The van der Waals surface area contributed by atoms with Crippen molar-refractivity contribution in [2.45, 2.75) is 6.42 Å². The Bertz CT molecular complexity index is 775. The van der Waals surface area contributed by atoms with Crippen LogP contribution in [0, 0.1) is 17.1 Å². The molecule has 0 spiro atoms. The molecule has 2 amide bonds. The van der Waals surface area contributed by atoms with Crippen LogP contribution in [-0.4, -0.2) is 43.7 Å². The molecule has 134 valence electrons. The van der Waals surface area contributed by atoms with Gasteiger partial charge in [0.1, 0.15) is 5.82 Å². The molecule has 0 bridgehead atoms. The molecule has 26 heavy (non-hydrogen) atoms. The van der Waals surface area contributed by atoms with Crippen LogP contribution in [0.1, 0.15) is 11.1 Å². The molecule has 3 rings (SSSR count). The third-order valence-electron chi connectivity index (χ3n) is 4.53. The highest BCUT2D eigenvalue weighted by molar-refractivity contribution is 5.74. The van der Waals surface area contributed by atoms with Crippen LogP contribution in [-0.2, 0) is 6.42 Å². The van der Waals surface area contributed by atoms with Gasteiger partial charge in [-0.3, -0.25) is 0 Å². The molecule has 1 aliphatic rings. The molecule has 1 aliphatic heterocycles. The van der Waals surface area contributed by atoms with Crippen molar-refractivity contribution in [2.24, 2.45) is 0 Å². The first-order chi connectivity index (χ1) is 12.7. The van der Waals surface area contributed by atoms with Crippen molar-refractivity contribution in [2.75, 3.05) is 37.6 Å². The molecule has 1 heterocycles. The van der Waals surface area contributed by atoms with E-state index in [1.807, 2.05) is 29.2 Å². The van der Waals surface area contributed by atoms with Gasteiger partial charge in [-0.2, -0.15) is 5.26 Å². The Hall–Kier alpha value is -3.07. The van der Waals surface area contributed by atoms with Crippen LogP contribution >= 0.6 is 0 Å². The Kier molecular flexibility index (Phi) is 5.69. The van der Waals surface area contributed by atoms with E-state index in [9.17, 15) is 9.18 Å². The second-order valence-corrected chi connectivity index (χ2v) is 6.24. The van der Waals surface area contributed by atoms with Gasteiger partial charge in [-0.05, 0) is 48.4 Å². The van der Waals surface area contributed by atoms with Crippen molar-refractivity contribution in [1.29, 1.82) is 5.26 Å². The highest BCUT2D eigenvalue weighted by atomic mass is 19.1. The number of nitrogens with zero attached hydrogens (tertiary/aromatic N) is 3. The number of urea groups is 1. The zero-order valence-electron chi connectivity index (χ0n) is 14.5. The maximum atomic E-state index is 12.9. The number of hydrogen-bond acceptors (Lipinski definition) is 3. The first-order valence-electron chi connectivity index (χ1n) is 8.68. The Balaban J connectivity index is 1.43. The molecular weight excluding hydrogens is 331 g/mol. The highest BCUT2D eigenvalue weighted by Crippen LogP contribution is 2.17. The summed E-state index contributed by atoms with van der Waals surface area (Å²) in [4.78, 5) is 16.3. The topological polar surface area (TPSA) is 59.4 Å². The Labute approximate surface area is 152 Å². The first-order valence-corrected chi connectivity index (χ1v) is 8.68. The number of rotatable bonds is 4. The second kappa shape index (κ2) is 8.34. The third kappa shape index (κ3) is 4.51. The van der Waals surface area contributed by atoms with Gasteiger partial charge in [-0.1, -0.05) is 12.1 Å². The molecule has 1 fully saturated rings. The largest absolute Gasteiger partial charge is 0.368 e. The summed E-state index contributed by atoms with van der Waals surface area (Å²) in [5.41, 5.74) is 2.71. The lowest BCUT2D eigenvalue weighted by atomic mass is 10.1. The normalized spacial score (nSPS) is 14.0. The average Bonchev–Trinajstić information content (AvgIpc) is 2.69. The van der Waals surface area contributed by atoms with Gasteiger partial charge >= 0.3 is 6.03 Å². The van der Waals surface area contributed by atoms with Gasteiger partial charge < -0.3 is 15.1 Å². The van der Waals surface area contributed by atoms with E-state index in [-0.39, 0.29) is 11.8 Å². The lowest BCUT2D eigenvalue weighted by molar-refractivity contribution is 0.194. The van der Waals surface area contributed by atoms with Crippen molar-refractivity contribution in [3.8, 4) is 6.07 Å². The summed E-state index contributed by atoms with van der Waals surface area (Å²) in [5.74, 6) is -0.252. The molecule has 1 N–H and O–H groups in total. The molecule has 1 saturated heterocycles. The number of piperazine rings is 1. The van der Waals surface area contributed by atoms with Crippen LogP contribution in [0.25, 0.3) is 0 Å².